The number of hydrogen-bond donors (Lipinski definition) is 1. The van der Waals surface area contributed by atoms with Crippen LogP contribution >= 0.6 is 0 Å². The predicted octanol–water partition coefficient (Wildman–Crippen LogP) is 5.72. The van der Waals surface area contributed by atoms with Crippen molar-refractivity contribution in [3.63, 3.8) is 0 Å². The first kappa shape index (κ1) is 21.3. The Bertz CT molecular complexity index is 1110. The molecule has 0 spiro atoms. The van der Waals surface area contributed by atoms with Crippen molar-refractivity contribution in [3.05, 3.63) is 95.6 Å². The van der Waals surface area contributed by atoms with Crippen molar-refractivity contribution in [3.8, 4) is 11.1 Å². The van der Waals surface area contributed by atoms with E-state index in [-0.39, 0.29) is 24.6 Å². The Morgan fingerprint density at radius 3 is 2.18 bits per heavy atom. The summed E-state index contributed by atoms with van der Waals surface area (Å²) in [5.74, 6) is -0.000117. The van der Waals surface area contributed by atoms with Gasteiger partial charge in [-0.3, -0.25) is 4.79 Å². The molecule has 1 aliphatic heterocycles. The van der Waals surface area contributed by atoms with Crippen molar-refractivity contribution >= 4 is 12.0 Å². The maximum Gasteiger partial charge on any atom is 0.410 e. The van der Waals surface area contributed by atoms with Crippen LogP contribution in [0.5, 0.6) is 0 Å². The number of amides is 2. The Labute approximate surface area is 194 Å². The van der Waals surface area contributed by atoms with Crippen LogP contribution in [-0.2, 0) is 11.3 Å². The van der Waals surface area contributed by atoms with Crippen LogP contribution in [0.2, 0.25) is 0 Å². The summed E-state index contributed by atoms with van der Waals surface area (Å²) in [5, 5.41) is 3.02. The lowest BCUT2D eigenvalue weighted by atomic mass is 9.99. The van der Waals surface area contributed by atoms with Crippen LogP contribution < -0.4 is 5.32 Å². The first-order chi connectivity index (χ1) is 16.2. The van der Waals surface area contributed by atoms with Crippen LogP contribution in [0.15, 0.2) is 78.9 Å². The highest BCUT2D eigenvalue weighted by atomic mass is 16.6. The van der Waals surface area contributed by atoms with E-state index >= 15 is 0 Å². The second-order valence-corrected chi connectivity index (χ2v) is 8.84. The number of rotatable bonds is 6. The largest absolute Gasteiger partial charge is 0.445 e. The van der Waals surface area contributed by atoms with Gasteiger partial charge < -0.3 is 15.0 Å². The number of hydrogen-bond acceptors (Lipinski definition) is 3. The van der Waals surface area contributed by atoms with Crippen LogP contribution in [0.1, 0.15) is 53.2 Å². The number of ether oxygens (including phenoxy) is 1. The molecule has 5 heteroatoms. The van der Waals surface area contributed by atoms with Gasteiger partial charge in [0.05, 0.1) is 6.04 Å². The molecule has 0 bridgehead atoms. The van der Waals surface area contributed by atoms with Crippen molar-refractivity contribution in [2.75, 3.05) is 6.54 Å². The zero-order valence-electron chi connectivity index (χ0n) is 18.6. The fraction of sp³-hybridized carbons (Fsp3) is 0.286. The molecule has 3 aromatic rings. The molecule has 1 aliphatic carbocycles. The molecule has 1 heterocycles. The second-order valence-electron chi connectivity index (χ2n) is 8.84. The summed E-state index contributed by atoms with van der Waals surface area (Å²) in [6.07, 6.45) is 3.81. The molecule has 2 amide bonds. The standard InChI is InChI=1S/C28H28N2O3/c31-27(29-25-16-17-25)24-14-10-22(11-15-24)21-8-12-23(13-9-21)26-7-4-18-30(26)28(32)33-19-20-5-2-1-3-6-20/h1-3,5-6,8-15,25-26H,4,7,16-19H2,(H,29,31). The second kappa shape index (κ2) is 9.49. The number of nitrogens with one attached hydrogen (secondary N) is 1. The van der Waals surface area contributed by atoms with Crippen molar-refractivity contribution in [1.29, 1.82) is 0 Å². The molecular weight excluding hydrogens is 412 g/mol. The highest BCUT2D eigenvalue weighted by Gasteiger charge is 2.31. The minimum absolute atomic E-state index is 0.000117. The van der Waals surface area contributed by atoms with Gasteiger partial charge in [-0.1, -0.05) is 66.7 Å². The number of benzene rings is 3. The zero-order valence-corrected chi connectivity index (χ0v) is 18.6. The fourth-order valence-electron chi connectivity index (χ4n) is 4.34. The van der Waals surface area contributed by atoms with Gasteiger partial charge in [-0.05, 0) is 60.1 Å². The molecule has 3 aromatic carbocycles. The molecule has 1 N–H and O–H groups in total. The van der Waals surface area contributed by atoms with Gasteiger partial charge in [-0.15, -0.1) is 0 Å². The van der Waals surface area contributed by atoms with Crippen molar-refractivity contribution in [1.82, 2.24) is 10.2 Å². The quantitative estimate of drug-likeness (QED) is 0.533. The van der Waals surface area contributed by atoms with Gasteiger partial charge >= 0.3 is 6.09 Å². The molecule has 2 aliphatic rings. The Balaban J connectivity index is 1.22. The minimum atomic E-state index is -0.259. The monoisotopic (exact) mass is 440 g/mol. The molecule has 1 saturated heterocycles. The van der Waals surface area contributed by atoms with Crippen LogP contribution in [0.3, 0.4) is 0 Å². The molecule has 5 nitrogen and oxygen atoms in total. The van der Waals surface area contributed by atoms with E-state index in [1.807, 2.05) is 59.5 Å². The van der Waals surface area contributed by atoms with Crippen molar-refractivity contribution in [2.24, 2.45) is 0 Å². The molecule has 1 atom stereocenters. The highest BCUT2D eigenvalue weighted by Crippen LogP contribution is 2.34. The van der Waals surface area contributed by atoms with E-state index in [1.54, 1.807) is 0 Å². The Hall–Kier alpha value is -3.60. The first-order valence-electron chi connectivity index (χ1n) is 11.7. The lowest BCUT2D eigenvalue weighted by Crippen LogP contribution is -2.31. The normalized spacial score (nSPS) is 17.6. The van der Waals surface area contributed by atoms with E-state index < -0.39 is 0 Å². The van der Waals surface area contributed by atoms with E-state index in [0.29, 0.717) is 18.2 Å². The van der Waals surface area contributed by atoms with Gasteiger partial charge in [0, 0.05) is 18.2 Å². The highest BCUT2D eigenvalue weighted by molar-refractivity contribution is 5.95. The number of nitrogens with zero attached hydrogens (tertiary/aromatic N) is 1. The van der Waals surface area contributed by atoms with Gasteiger partial charge in [0.15, 0.2) is 0 Å². The Kier molecular flexibility index (Phi) is 6.11. The Morgan fingerprint density at radius 1 is 0.848 bits per heavy atom. The van der Waals surface area contributed by atoms with E-state index in [4.69, 9.17) is 4.74 Å². The summed E-state index contributed by atoms with van der Waals surface area (Å²) < 4.78 is 5.57. The fourth-order valence-corrected chi connectivity index (χ4v) is 4.34. The summed E-state index contributed by atoms with van der Waals surface area (Å²) in [5.41, 5.74) is 4.95. The predicted molar refractivity (Wildman–Crippen MR) is 128 cm³/mol. The topological polar surface area (TPSA) is 58.6 Å². The lowest BCUT2D eigenvalue weighted by molar-refractivity contribution is 0.0919. The molecule has 5 rings (SSSR count). The van der Waals surface area contributed by atoms with E-state index in [1.165, 1.54) is 0 Å². The first-order valence-corrected chi connectivity index (χ1v) is 11.7. The third kappa shape index (κ3) is 5.08. The SMILES string of the molecule is O=C(NC1CC1)c1ccc(-c2ccc(C3CCCN3C(=O)OCc3ccccc3)cc2)cc1. The van der Waals surface area contributed by atoms with Gasteiger partial charge in [-0.25, -0.2) is 4.79 Å². The molecule has 33 heavy (non-hydrogen) atoms. The maximum absolute atomic E-state index is 12.7. The molecule has 0 radical (unpaired) electrons. The summed E-state index contributed by atoms with van der Waals surface area (Å²) in [4.78, 5) is 26.8. The van der Waals surface area contributed by atoms with Crippen LogP contribution in [0.4, 0.5) is 4.79 Å². The lowest BCUT2D eigenvalue weighted by Gasteiger charge is -2.24. The van der Waals surface area contributed by atoms with Crippen LogP contribution in [-0.4, -0.2) is 29.5 Å². The third-order valence-electron chi connectivity index (χ3n) is 6.38. The summed E-state index contributed by atoms with van der Waals surface area (Å²) in [6.45, 7) is 1.00. The third-order valence-corrected chi connectivity index (χ3v) is 6.38. The summed E-state index contributed by atoms with van der Waals surface area (Å²) >= 11 is 0. The maximum atomic E-state index is 12.7. The summed E-state index contributed by atoms with van der Waals surface area (Å²) in [7, 11) is 0. The minimum Gasteiger partial charge on any atom is -0.445 e. The molecule has 0 aromatic heterocycles. The smallest absolute Gasteiger partial charge is 0.410 e. The van der Waals surface area contributed by atoms with Crippen molar-refractivity contribution < 1.29 is 14.3 Å². The van der Waals surface area contributed by atoms with Gasteiger partial charge in [0.2, 0.25) is 0 Å². The molecule has 2 fully saturated rings. The Morgan fingerprint density at radius 2 is 1.52 bits per heavy atom. The number of carbonyl (C=O) groups is 2. The summed E-state index contributed by atoms with van der Waals surface area (Å²) in [6, 6.07) is 26.2. The van der Waals surface area contributed by atoms with Gasteiger partial charge in [-0.2, -0.15) is 0 Å². The van der Waals surface area contributed by atoms with Crippen LogP contribution in [0.25, 0.3) is 11.1 Å². The van der Waals surface area contributed by atoms with Crippen LogP contribution in [0, 0.1) is 0 Å². The van der Waals surface area contributed by atoms with Gasteiger partial charge in [0.25, 0.3) is 5.91 Å². The van der Waals surface area contributed by atoms with E-state index in [9.17, 15) is 9.59 Å². The molecule has 1 unspecified atom stereocenters. The van der Waals surface area contributed by atoms with Crippen molar-refractivity contribution in [2.45, 2.75) is 44.4 Å². The van der Waals surface area contributed by atoms with E-state index in [2.05, 4.69) is 29.6 Å². The molecule has 168 valence electrons. The average molecular weight is 441 g/mol. The average Bonchev–Trinajstić information content (AvgIpc) is 3.54. The zero-order chi connectivity index (χ0) is 22.6. The van der Waals surface area contributed by atoms with Gasteiger partial charge in [0.1, 0.15) is 6.61 Å². The molecule has 1 saturated carbocycles. The number of carbonyl (C=O) groups excluding carboxylic acids is 2. The molecular formula is C28H28N2O3. The van der Waals surface area contributed by atoms with E-state index in [0.717, 1.165) is 47.9 Å². The number of likely N-dealkylation sites (tertiary alicyclic amines) is 1.